The fourth-order valence-corrected chi connectivity index (χ4v) is 4.54. The van der Waals surface area contributed by atoms with Crippen LogP contribution in [0.4, 0.5) is 5.69 Å². The lowest BCUT2D eigenvalue weighted by molar-refractivity contribution is 0.102. The van der Waals surface area contributed by atoms with Crippen molar-refractivity contribution in [1.82, 2.24) is 0 Å². The first-order valence-electron chi connectivity index (χ1n) is 10.8. The van der Waals surface area contributed by atoms with Crippen LogP contribution in [0, 0.1) is 6.92 Å². The van der Waals surface area contributed by atoms with Crippen molar-refractivity contribution in [2.45, 2.75) is 44.9 Å². The molecule has 1 aliphatic carbocycles. The van der Waals surface area contributed by atoms with Gasteiger partial charge < -0.3 is 10.1 Å². The number of nitrogens with one attached hydrogen (secondary N) is 1. The third kappa shape index (κ3) is 4.25. The van der Waals surface area contributed by atoms with E-state index in [-0.39, 0.29) is 5.91 Å². The molecule has 30 heavy (non-hydrogen) atoms. The van der Waals surface area contributed by atoms with Crippen LogP contribution < -0.4 is 10.1 Å². The molecule has 0 aromatic heterocycles. The molecular weight excluding hydrogens is 370 g/mol. The molecule has 0 atom stereocenters. The Labute approximate surface area is 179 Å². The van der Waals surface area contributed by atoms with Gasteiger partial charge in [0.05, 0.1) is 12.7 Å². The molecule has 1 aliphatic rings. The Morgan fingerprint density at radius 2 is 1.60 bits per heavy atom. The number of rotatable bonds is 5. The third-order valence-electron chi connectivity index (χ3n) is 6.20. The van der Waals surface area contributed by atoms with E-state index >= 15 is 0 Å². The molecule has 0 spiro atoms. The average Bonchev–Trinajstić information content (AvgIpc) is 2.80. The number of anilines is 1. The third-order valence-corrected chi connectivity index (χ3v) is 6.20. The molecule has 1 saturated carbocycles. The fourth-order valence-electron chi connectivity index (χ4n) is 4.54. The molecule has 0 heterocycles. The summed E-state index contributed by atoms with van der Waals surface area (Å²) in [7, 11) is 1.60. The summed E-state index contributed by atoms with van der Waals surface area (Å²) < 4.78 is 5.51. The Morgan fingerprint density at radius 3 is 2.27 bits per heavy atom. The largest absolute Gasteiger partial charge is 0.496 e. The minimum absolute atomic E-state index is 0.146. The highest BCUT2D eigenvalue weighted by Gasteiger charge is 2.20. The number of methoxy groups -OCH3 is 1. The molecular formula is C27H29NO2. The van der Waals surface area contributed by atoms with Crippen LogP contribution in [-0.4, -0.2) is 13.0 Å². The molecule has 0 aliphatic heterocycles. The highest BCUT2D eigenvalue weighted by Crippen LogP contribution is 2.34. The summed E-state index contributed by atoms with van der Waals surface area (Å²) in [5.41, 5.74) is 5.81. The SMILES string of the molecule is COc1ccc(-c2ccccc2)c(C)c1C(=O)Nc1ccc(C2CCCCC2)cc1. The van der Waals surface area contributed by atoms with Crippen LogP contribution in [0.25, 0.3) is 11.1 Å². The van der Waals surface area contributed by atoms with E-state index in [9.17, 15) is 4.79 Å². The summed E-state index contributed by atoms with van der Waals surface area (Å²) in [6, 6.07) is 22.4. The predicted molar refractivity (Wildman–Crippen MR) is 123 cm³/mol. The monoisotopic (exact) mass is 399 g/mol. The molecule has 3 nitrogen and oxygen atoms in total. The second kappa shape index (κ2) is 9.17. The molecule has 0 radical (unpaired) electrons. The van der Waals surface area contributed by atoms with E-state index in [0.717, 1.165) is 22.4 Å². The molecule has 4 rings (SSSR count). The Hall–Kier alpha value is -3.07. The molecule has 1 amide bonds. The van der Waals surface area contributed by atoms with Gasteiger partial charge in [-0.1, -0.05) is 67.8 Å². The van der Waals surface area contributed by atoms with Gasteiger partial charge in [-0.2, -0.15) is 0 Å². The molecule has 1 fully saturated rings. The number of hydrogen-bond acceptors (Lipinski definition) is 2. The summed E-state index contributed by atoms with van der Waals surface area (Å²) in [6.45, 7) is 1.98. The lowest BCUT2D eigenvalue weighted by atomic mass is 9.84. The minimum Gasteiger partial charge on any atom is -0.496 e. The maximum Gasteiger partial charge on any atom is 0.259 e. The zero-order valence-electron chi connectivity index (χ0n) is 17.8. The van der Waals surface area contributed by atoms with Crippen LogP contribution in [-0.2, 0) is 0 Å². The molecule has 0 bridgehead atoms. The van der Waals surface area contributed by atoms with Gasteiger partial charge in [0, 0.05) is 5.69 Å². The van der Waals surface area contributed by atoms with Crippen LogP contribution >= 0.6 is 0 Å². The van der Waals surface area contributed by atoms with E-state index in [4.69, 9.17) is 4.74 Å². The lowest BCUT2D eigenvalue weighted by Crippen LogP contribution is -2.15. The summed E-state index contributed by atoms with van der Waals surface area (Å²) >= 11 is 0. The Kier molecular flexibility index (Phi) is 6.18. The quantitative estimate of drug-likeness (QED) is 0.503. The predicted octanol–water partition coefficient (Wildman–Crippen LogP) is 6.97. The van der Waals surface area contributed by atoms with Gasteiger partial charge in [-0.3, -0.25) is 4.79 Å². The van der Waals surface area contributed by atoms with Gasteiger partial charge in [-0.05, 0) is 66.1 Å². The van der Waals surface area contributed by atoms with Gasteiger partial charge in [0.15, 0.2) is 0 Å². The van der Waals surface area contributed by atoms with Crippen LogP contribution in [0.15, 0.2) is 66.7 Å². The van der Waals surface area contributed by atoms with E-state index < -0.39 is 0 Å². The fraction of sp³-hybridized carbons (Fsp3) is 0.296. The van der Waals surface area contributed by atoms with E-state index in [1.165, 1.54) is 37.7 Å². The van der Waals surface area contributed by atoms with E-state index in [2.05, 4.69) is 29.6 Å². The normalized spacial score (nSPS) is 14.3. The van der Waals surface area contributed by atoms with E-state index in [0.29, 0.717) is 17.2 Å². The summed E-state index contributed by atoms with van der Waals surface area (Å²) in [5, 5.41) is 3.06. The van der Waals surface area contributed by atoms with Gasteiger partial charge in [0.1, 0.15) is 5.75 Å². The average molecular weight is 400 g/mol. The van der Waals surface area contributed by atoms with Crippen molar-refractivity contribution in [2.75, 3.05) is 12.4 Å². The maximum absolute atomic E-state index is 13.2. The van der Waals surface area contributed by atoms with Crippen LogP contribution in [0.5, 0.6) is 5.75 Å². The van der Waals surface area contributed by atoms with E-state index in [1.807, 2.05) is 49.4 Å². The number of hydrogen-bond donors (Lipinski definition) is 1. The minimum atomic E-state index is -0.146. The zero-order valence-corrected chi connectivity index (χ0v) is 17.8. The van der Waals surface area contributed by atoms with Crippen LogP contribution in [0.1, 0.15) is 59.5 Å². The lowest BCUT2D eigenvalue weighted by Gasteiger charge is -2.22. The van der Waals surface area contributed by atoms with E-state index in [1.54, 1.807) is 7.11 Å². The summed E-state index contributed by atoms with van der Waals surface area (Å²) in [5.74, 6) is 1.10. The van der Waals surface area contributed by atoms with Crippen molar-refractivity contribution in [3.63, 3.8) is 0 Å². The number of amides is 1. The molecule has 3 heteroatoms. The van der Waals surface area contributed by atoms with Gasteiger partial charge in [-0.25, -0.2) is 0 Å². The van der Waals surface area contributed by atoms with Crippen molar-refractivity contribution in [1.29, 1.82) is 0 Å². The summed E-state index contributed by atoms with van der Waals surface area (Å²) in [4.78, 5) is 13.2. The Bertz CT molecular complexity index is 1000. The number of carbonyl (C=O) groups is 1. The molecule has 1 N–H and O–H groups in total. The van der Waals surface area contributed by atoms with Gasteiger partial charge in [-0.15, -0.1) is 0 Å². The molecule has 0 unspecified atom stereocenters. The van der Waals surface area contributed by atoms with Crippen molar-refractivity contribution >= 4 is 11.6 Å². The highest BCUT2D eigenvalue weighted by molar-refractivity contribution is 6.08. The van der Waals surface area contributed by atoms with Crippen LogP contribution in [0.2, 0.25) is 0 Å². The Morgan fingerprint density at radius 1 is 0.900 bits per heavy atom. The maximum atomic E-state index is 13.2. The van der Waals surface area contributed by atoms with Crippen molar-refractivity contribution in [3.8, 4) is 16.9 Å². The summed E-state index contributed by atoms with van der Waals surface area (Å²) in [6.07, 6.45) is 6.54. The molecule has 0 saturated heterocycles. The molecule has 3 aromatic carbocycles. The molecule has 3 aromatic rings. The standard InChI is InChI=1S/C27H29NO2/c1-19-24(22-11-7-4-8-12-22)17-18-25(30-2)26(19)27(29)28-23-15-13-21(14-16-23)20-9-5-3-6-10-20/h4,7-8,11-18,20H,3,5-6,9-10H2,1-2H3,(H,28,29). The number of carbonyl (C=O) groups excluding carboxylic acids is 1. The first-order chi connectivity index (χ1) is 14.7. The highest BCUT2D eigenvalue weighted by atomic mass is 16.5. The van der Waals surface area contributed by atoms with Gasteiger partial charge in [0.2, 0.25) is 0 Å². The van der Waals surface area contributed by atoms with Crippen molar-refractivity contribution < 1.29 is 9.53 Å². The second-order valence-corrected chi connectivity index (χ2v) is 8.09. The van der Waals surface area contributed by atoms with Gasteiger partial charge in [0.25, 0.3) is 5.91 Å². The Balaban J connectivity index is 1.58. The van der Waals surface area contributed by atoms with Crippen molar-refractivity contribution in [2.24, 2.45) is 0 Å². The number of benzene rings is 3. The molecule has 154 valence electrons. The zero-order chi connectivity index (χ0) is 20.9. The second-order valence-electron chi connectivity index (χ2n) is 8.09. The first kappa shape index (κ1) is 20.2. The first-order valence-corrected chi connectivity index (χ1v) is 10.8. The smallest absolute Gasteiger partial charge is 0.259 e. The topological polar surface area (TPSA) is 38.3 Å². The number of ether oxygens (including phenoxy) is 1. The van der Waals surface area contributed by atoms with Crippen molar-refractivity contribution in [3.05, 3.63) is 83.4 Å². The van der Waals surface area contributed by atoms with Crippen LogP contribution in [0.3, 0.4) is 0 Å². The van der Waals surface area contributed by atoms with Gasteiger partial charge >= 0.3 is 0 Å².